The molecule has 0 bridgehead atoms. The number of hydrogen-bond donors (Lipinski definition) is 1. The van der Waals surface area contributed by atoms with Gasteiger partial charge in [-0.05, 0) is 0 Å². The largest absolute Gasteiger partial charge is 0.315 e. The van der Waals surface area contributed by atoms with E-state index in [9.17, 15) is 0 Å². The Hall–Kier alpha value is -0.190. The van der Waals surface area contributed by atoms with Gasteiger partial charge in [-0.15, -0.1) is 21.8 Å². The van der Waals surface area contributed by atoms with E-state index in [1.807, 2.05) is 0 Å². The zero-order valence-corrected chi connectivity index (χ0v) is 7.45. The molecule has 60 valence electrons. The molecule has 0 radical (unpaired) electrons. The first kappa shape index (κ1) is 7.46. The van der Waals surface area contributed by atoms with E-state index in [-0.39, 0.29) is 0 Å². The predicted molar refractivity (Wildman–Crippen MR) is 45.1 cm³/mol. The van der Waals surface area contributed by atoms with Crippen LogP contribution in [0.25, 0.3) is 0 Å². The molecule has 1 aliphatic rings. The smallest absolute Gasteiger partial charge is 0.132 e. The second-order valence-electron chi connectivity index (χ2n) is 2.52. The summed E-state index contributed by atoms with van der Waals surface area (Å²) in [6, 6.07) is 0. The fraction of sp³-hybridized carbons (Fsp3) is 0.667. The van der Waals surface area contributed by atoms with Gasteiger partial charge >= 0.3 is 0 Å². The fourth-order valence-electron chi connectivity index (χ4n) is 0.949. The number of alkyl halides is 1. The van der Waals surface area contributed by atoms with Crippen LogP contribution in [0.2, 0.25) is 0 Å². The van der Waals surface area contributed by atoms with E-state index < -0.39 is 0 Å². The molecule has 2 heterocycles. The molecule has 1 fully saturated rings. The summed E-state index contributed by atoms with van der Waals surface area (Å²) in [5.74, 6) is 1.07. The highest BCUT2D eigenvalue weighted by molar-refractivity contribution is 7.11. The Bertz CT molecular complexity index is 246. The molecule has 0 aromatic carbocycles. The lowest BCUT2D eigenvalue weighted by Gasteiger charge is -2.23. The number of halogens is 1. The van der Waals surface area contributed by atoms with E-state index in [4.69, 9.17) is 11.6 Å². The third kappa shape index (κ3) is 1.38. The maximum atomic E-state index is 5.60. The second-order valence-corrected chi connectivity index (χ2v) is 3.88. The molecule has 1 aromatic rings. The summed E-state index contributed by atoms with van der Waals surface area (Å²) >= 11 is 7.22. The minimum absolute atomic E-state index is 0.484. The topological polar surface area (TPSA) is 37.8 Å². The monoisotopic (exact) mass is 189 g/mol. The molecule has 1 aromatic heterocycles. The van der Waals surface area contributed by atoms with Crippen LogP contribution in [-0.2, 0) is 5.88 Å². The molecule has 0 spiro atoms. The number of hydrogen-bond acceptors (Lipinski definition) is 4. The molecule has 5 heteroatoms. The molecule has 2 rings (SSSR count). The average Bonchev–Trinajstić information content (AvgIpc) is 2.32. The Labute approximate surface area is 73.8 Å². The number of aromatic nitrogens is 2. The zero-order valence-electron chi connectivity index (χ0n) is 5.88. The average molecular weight is 190 g/mol. The minimum atomic E-state index is 0.484. The molecule has 1 N–H and O–H groups in total. The third-order valence-electron chi connectivity index (χ3n) is 1.73. The molecule has 0 aliphatic carbocycles. The molecular weight excluding hydrogens is 182 g/mol. The van der Waals surface area contributed by atoms with Crippen LogP contribution in [0.1, 0.15) is 15.9 Å². The lowest BCUT2D eigenvalue weighted by Crippen LogP contribution is -2.39. The molecule has 3 nitrogen and oxygen atoms in total. The number of rotatable bonds is 2. The van der Waals surface area contributed by atoms with Gasteiger partial charge in [-0.1, -0.05) is 11.3 Å². The summed E-state index contributed by atoms with van der Waals surface area (Å²) < 4.78 is 0. The van der Waals surface area contributed by atoms with Gasteiger partial charge in [0.05, 0.1) is 5.88 Å². The first-order chi connectivity index (χ1) is 5.40. The lowest BCUT2D eigenvalue weighted by molar-refractivity contribution is 0.444. The number of nitrogens with zero attached hydrogens (tertiary/aromatic N) is 2. The van der Waals surface area contributed by atoms with E-state index in [1.165, 1.54) is 0 Å². The van der Waals surface area contributed by atoms with Crippen molar-refractivity contribution in [2.45, 2.75) is 11.8 Å². The SMILES string of the molecule is ClCc1nnc(C2CNC2)s1. The van der Waals surface area contributed by atoms with Crippen LogP contribution in [0.5, 0.6) is 0 Å². The van der Waals surface area contributed by atoms with E-state index in [0.29, 0.717) is 11.8 Å². The maximum absolute atomic E-state index is 5.60. The Morgan fingerprint density at radius 1 is 1.55 bits per heavy atom. The van der Waals surface area contributed by atoms with E-state index in [0.717, 1.165) is 23.1 Å². The molecular formula is C6H8ClN3S. The first-order valence-corrected chi connectivity index (χ1v) is 4.84. The van der Waals surface area contributed by atoms with Gasteiger partial charge in [0, 0.05) is 19.0 Å². The van der Waals surface area contributed by atoms with Crippen molar-refractivity contribution in [3.63, 3.8) is 0 Å². The summed E-state index contributed by atoms with van der Waals surface area (Å²) in [5.41, 5.74) is 0. The van der Waals surface area contributed by atoms with Gasteiger partial charge in [0.1, 0.15) is 10.0 Å². The highest BCUT2D eigenvalue weighted by atomic mass is 35.5. The first-order valence-electron chi connectivity index (χ1n) is 3.49. The van der Waals surface area contributed by atoms with E-state index in [2.05, 4.69) is 15.5 Å². The van der Waals surface area contributed by atoms with Crippen LogP contribution in [0.4, 0.5) is 0 Å². The van der Waals surface area contributed by atoms with Gasteiger partial charge in [-0.25, -0.2) is 0 Å². The number of nitrogens with one attached hydrogen (secondary N) is 1. The van der Waals surface area contributed by atoms with Crippen molar-refractivity contribution in [1.29, 1.82) is 0 Å². The van der Waals surface area contributed by atoms with Gasteiger partial charge in [0.25, 0.3) is 0 Å². The van der Waals surface area contributed by atoms with Gasteiger partial charge < -0.3 is 5.32 Å². The summed E-state index contributed by atoms with van der Waals surface area (Å²) in [6.45, 7) is 2.08. The van der Waals surface area contributed by atoms with Crippen molar-refractivity contribution in [3.8, 4) is 0 Å². The molecule has 1 saturated heterocycles. The highest BCUT2D eigenvalue weighted by Gasteiger charge is 2.22. The summed E-state index contributed by atoms with van der Waals surface area (Å²) in [7, 11) is 0. The summed E-state index contributed by atoms with van der Waals surface area (Å²) in [6.07, 6.45) is 0. The quantitative estimate of drug-likeness (QED) is 0.705. The van der Waals surface area contributed by atoms with Gasteiger partial charge in [-0.2, -0.15) is 0 Å². The van der Waals surface area contributed by atoms with Crippen molar-refractivity contribution in [2.75, 3.05) is 13.1 Å². The summed E-state index contributed by atoms with van der Waals surface area (Å²) in [5, 5.41) is 13.2. The Balaban J connectivity index is 2.11. The van der Waals surface area contributed by atoms with Crippen LogP contribution in [0, 0.1) is 0 Å². The van der Waals surface area contributed by atoms with Gasteiger partial charge in [0.2, 0.25) is 0 Å². The third-order valence-corrected chi connectivity index (χ3v) is 3.22. The Morgan fingerprint density at radius 3 is 2.82 bits per heavy atom. The van der Waals surface area contributed by atoms with Crippen molar-refractivity contribution >= 4 is 22.9 Å². The maximum Gasteiger partial charge on any atom is 0.132 e. The van der Waals surface area contributed by atoms with Crippen LogP contribution in [0.3, 0.4) is 0 Å². The van der Waals surface area contributed by atoms with Gasteiger partial charge in [-0.3, -0.25) is 0 Å². The van der Waals surface area contributed by atoms with Crippen LogP contribution in [0.15, 0.2) is 0 Å². The second kappa shape index (κ2) is 3.05. The fourth-order valence-corrected chi connectivity index (χ4v) is 1.96. The molecule has 0 atom stereocenters. The Kier molecular flexibility index (Phi) is 2.07. The zero-order chi connectivity index (χ0) is 7.68. The predicted octanol–water partition coefficient (Wildman–Crippen LogP) is 0.964. The van der Waals surface area contributed by atoms with Crippen molar-refractivity contribution in [3.05, 3.63) is 10.0 Å². The van der Waals surface area contributed by atoms with Crippen LogP contribution < -0.4 is 5.32 Å². The van der Waals surface area contributed by atoms with E-state index >= 15 is 0 Å². The molecule has 1 aliphatic heterocycles. The standard InChI is InChI=1S/C6H8ClN3S/c7-1-5-9-10-6(11-5)4-2-8-3-4/h4,8H,1-3H2. The van der Waals surface area contributed by atoms with E-state index in [1.54, 1.807) is 11.3 Å². The van der Waals surface area contributed by atoms with Crippen molar-refractivity contribution in [1.82, 2.24) is 15.5 Å². The summed E-state index contributed by atoms with van der Waals surface area (Å²) in [4.78, 5) is 0. The molecule has 0 amide bonds. The lowest BCUT2D eigenvalue weighted by atomic mass is 10.1. The van der Waals surface area contributed by atoms with Crippen LogP contribution >= 0.6 is 22.9 Å². The molecule has 0 unspecified atom stereocenters. The molecule has 11 heavy (non-hydrogen) atoms. The Morgan fingerprint density at radius 2 is 2.36 bits per heavy atom. The van der Waals surface area contributed by atoms with Crippen molar-refractivity contribution < 1.29 is 0 Å². The minimum Gasteiger partial charge on any atom is -0.315 e. The van der Waals surface area contributed by atoms with Gasteiger partial charge in [0.15, 0.2) is 0 Å². The normalized spacial score (nSPS) is 18.3. The highest BCUT2D eigenvalue weighted by Crippen LogP contribution is 2.23. The molecule has 0 saturated carbocycles. The van der Waals surface area contributed by atoms with Crippen molar-refractivity contribution in [2.24, 2.45) is 0 Å². The van der Waals surface area contributed by atoms with Crippen LogP contribution in [-0.4, -0.2) is 23.3 Å².